The second-order valence-corrected chi connectivity index (χ2v) is 5.42. The van der Waals surface area contributed by atoms with E-state index in [0.717, 1.165) is 17.9 Å². The van der Waals surface area contributed by atoms with E-state index in [9.17, 15) is 5.11 Å². The Morgan fingerprint density at radius 2 is 2.26 bits per heavy atom. The van der Waals surface area contributed by atoms with Crippen molar-refractivity contribution in [2.75, 3.05) is 13.7 Å². The van der Waals surface area contributed by atoms with Gasteiger partial charge in [0, 0.05) is 18.2 Å². The number of aliphatic hydroxyl groups excluding tert-OH is 1. The second kappa shape index (κ2) is 6.40. The molecular formula is C16H25NO2. The lowest BCUT2D eigenvalue weighted by atomic mass is 10.0. The van der Waals surface area contributed by atoms with E-state index in [4.69, 9.17) is 4.74 Å². The van der Waals surface area contributed by atoms with Gasteiger partial charge in [0.15, 0.2) is 0 Å². The minimum atomic E-state index is -0.426. The van der Waals surface area contributed by atoms with E-state index >= 15 is 0 Å². The van der Waals surface area contributed by atoms with Crippen LogP contribution in [0.15, 0.2) is 18.2 Å². The third-order valence-electron chi connectivity index (χ3n) is 4.13. The molecule has 3 heteroatoms. The quantitative estimate of drug-likeness (QED) is 0.886. The molecule has 0 radical (unpaired) electrons. The molecule has 0 aliphatic carbocycles. The zero-order valence-electron chi connectivity index (χ0n) is 12.2. The molecular weight excluding hydrogens is 238 g/mol. The van der Waals surface area contributed by atoms with Crippen LogP contribution in [-0.2, 0) is 6.54 Å². The van der Waals surface area contributed by atoms with Crippen LogP contribution < -0.4 is 4.74 Å². The number of aliphatic hydroxyl groups is 1. The van der Waals surface area contributed by atoms with Gasteiger partial charge >= 0.3 is 0 Å². The lowest BCUT2D eigenvalue weighted by Gasteiger charge is -2.24. The van der Waals surface area contributed by atoms with Crippen LogP contribution in [0, 0.1) is 0 Å². The molecule has 1 aromatic carbocycles. The first-order chi connectivity index (χ1) is 9.15. The molecule has 106 valence electrons. The average molecular weight is 263 g/mol. The monoisotopic (exact) mass is 263 g/mol. The third kappa shape index (κ3) is 3.28. The highest BCUT2D eigenvalue weighted by molar-refractivity contribution is 5.38. The molecule has 2 atom stereocenters. The van der Waals surface area contributed by atoms with Crippen LogP contribution >= 0.6 is 0 Å². The van der Waals surface area contributed by atoms with E-state index in [0.29, 0.717) is 6.04 Å². The van der Waals surface area contributed by atoms with Gasteiger partial charge in [0.1, 0.15) is 5.75 Å². The Labute approximate surface area is 116 Å². The number of likely N-dealkylation sites (tertiary alicyclic amines) is 1. The van der Waals surface area contributed by atoms with E-state index in [2.05, 4.69) is 17.9 Å². The van der Waals surface area contributed by atoms with Crippen LogP contribution in [0.1, 0.15) is 50.3 Å². The Hall–Kier alpha value is -1.06. The minimum Gasteiger partial charge on any atom is -0.496 e. The predicted octanol–water partition coefficient (Wildman–Crippen LogP) is 3.12. The van der Waals surface area contributed by atoms with Gasteiger partial charge in [-0.1, -0.05) is 13.0 Å². The Morgan fingerprint density at radius 1 is 1.47 bits per heavy atom. The van der Waals surface area contributed by atoms with Crippen molar-refractivity contribution < 1.29 is 9.84 Å². The van der Waals surface area contributed by atoms with Crippen molar-refractivity contribution in [2.24, 2.45) is 0 Å². The number of benzene rings is 1. The summed E-state index contributed by atoms with van der Waals surface area (Å²) in [5.74, 6) is 0.922. The summed E-state index contributed by atoms with van der Waals surface area (Å²) in [6, 6.07) is 6.68. The summed E-state index contributed by atoms with van der Waals surface area (Å²) < 4.78 is 5.45. The normalized spacial score (nSPS) is 21.6. The van der Waals surface area contributed by atoms with Crippen LogP contribution in [0.4, 0.5) is 0 Å². The molecule has 1 N–H and O–H groups in total. The van der Waals surface area contributed by atoms with Crippen molar-refractivity contribution in [3.05, 3.63) is 29.3 Å². The first-order valence-electron chi connectivity index (χ1n) is 7.24. The summed E-state index contributed by atoms with van der Waals surface area (Å²) >= 11 is 0. The molecule has 19 heavy (non-hydrogen) atoms. The van der Waals surface area contributed by atoms with Gasteiger partial charge in [-0.05, 0) is 50.4 Å². The number of rotatable bonds is 5. The number of hydrogen-bond acceptors (Lipinski definition) is 3. The summed E-state index contributed by atoms with van der Waals surface area (Å²) in [5, 5.41) is 9.72. The van der Waals surface area contributed by atoms with E-state index in [1.54, 1.807) is 14.0 Å². The fourth-order valence-electron chi connectivity index (χ4n) is 2.97. The van der Waals surface area contributed by atoms with Crippen LogP contribution in [0.2, 0.25) is 0 Å². The van der Waals surface area contributed by atoms with Crippen molar-refractivity contribution in [1.82, 2.24) is 4.90 Å². The van der Waals surface area contributed by atoms with Gasteiger partial charge in [-0.2, -0.15) is 0 Å². The Balaban J connectivity index is 2.19. The molecule has 2 unspecified atom stereocenters. The number of nitrogens with zero attached hydrogens (tertiary/aromatic N) is 1. The van der Waals surface area contributed by atoms with Crippen LogP contribution in [0.5, 0.6) is 5.75 Å². The number of methoxy groups -OCH3 is 1. The molecule has 1 aliphatic rings. The third-order valence-corrected chi connectivity index (χ3v) is 4.13. The summed E-state index contributed by atoms with van der Waals surface area (Å²) in [7, 11) is 1.71. The Bertz CT molecular complexity index is 417. The number of ether oxygens (including phenoxy) is 1. The highest BCUT2D eigenvalue weighted by Gasteiger charge is 2.23. The van der Waals surface area contributed by atoms with E-state index < -0.39 is 6.10 Å². The Kier molecular flexibility index (Phi) is 4.83. The fraction of sp³-hybridized carbons (Fsp3) is 0.625. The molecule has 3 nitrogen and oxygen atoms in total. The second-order valence-electron chi connectivity index (χ2n) is 5.42. The molecule has 0 saturated carbocycles. The first-order valence-corrected chi connectivity index (χ1v) is 7.24. The van der Waals surface area contributed by atoms with Crippen LogP contribution in [-0.4, -0.2) is 29.7 Å². The van der Waals surface area contributed by atoms with Gasteiger partial charge in [-0.3, -0.25) is 4.90 Å². The van der Waals surface area contributed by atoms with E-state index in [1.807, 2.05) is 12.1 Å². The molecule has 0 amide bonds. The lowest BCUT2D eigenvalue weighted by molar-refractivity contribution is 0.198. The molecule has 0 aromatic heterocycles. The lowest BCUT2D eigenvalue weighted by Crippen LogP contribution is -2.28. The summed E-state index contributed by atoms with van der Waals surface area (Å²) in [5.41, 5.74) is 2.14. The van der Waals surface area contributed by atoms with Crippen molar-refractivity contribution in [3.8, 4) is 5.75 Å². The molecule has 1 aliphatic heterocycles. The molecule has 1 fully saturated rings. The van der Waals surface area contributed by atoms with Gasteiger partial charge in [0.05, 0.1) is 13.2 Å². The van der Waals surface area contributed by atoms with Gasteiger partial charge in [0.2, 0.25) is 0 Å². The first kappa shape index (κ1) is 14.4. The van der Waals surface area contributed by atoms with Gasteiger partial charge in [0.25, 0.3) is 0 Å². The van der Waals surface area contributed by atoms with Crippen LogP contribution in [0.3, 0.4) is 0 Å². The fourth-order valence-corrected chi connectivity index (χ4v) is 2.97. The largest absolute Gasteiger partial charge is 0.496 e. The molecule has 2 rings (SSSR count). The maximum Gasteiger partial charge on any atom is 0.123 e. The van der Waals surface area contributed by atoms with Crippen LogP contribution in [0.25, 0.3) is 0 Å². The zero-order chi connectivity index (χ0) is 13.8. The predicted molar refractivity (Wildman–Crippen MR) is 77.4 cm³/mol. The standard InChI is InChI=1S/C16H25NO2/c1-4-15-6-5-9-17(15)11-14-10-13(12(2)18)7-8-16(14)19-3/h7-8,10,12,15,18H,4-6,9,11H2,1-3H3. The van der Waals surface area contributed by atoms with Crippen molar-refractivity contribution in [1.29, 1.82) is 0 Å². The van der Waals surface area contributed by atoms with Gasteiger partial charge in [-0.25, -0.2) is 0 Å². The van der Waals surface area contributed by atoms with Gasteiger partial charge in [-0.15, -0.1) is 0 Å². The summed E-state index contributed by atoms with van der Waals surface area (Å²) in [6.45, 7) is 6.14. The van der Waals surface area contributed by atoms with Crippen molar-refractivity contribution in [3.63, 3.8) is 0 Å². The maximum absolute atomic E-state index is 9.72. The highest BCUT2D eigenvalue weighted by atomic mass is 16.5. The Morgan fingerprint density at radius 3 is 2.89 bits per heavy atom. The molecule has 1 heterocycles. The maximum atomic E-state index is 9.72. The SMILES string of the molecule is CCC1CCCN1Cc1cc(C(C)O)ccc1OC. The minimum absolute atomic E-state index is 0.426. The molecule has 0 bridgehead atoms. The topological polar surface area (TPSA) is 32.7 Å². The molecule has 1 saturated heterocycles. The highest BCUT2D eigenvalue weighted by Crippen LogP contribution is 2.28. The van der Waals surface area contributed by atoms with Crippen molar-refractivity contribution in [2.45, 2.75) is 51.8 Å². The number of hydrogen-bond donors (Lipinski definition) is 1. The smallest absolute Gasteiger partial charge is 0.123 e. The zero-order valence-corrected chi connectivity index (χ0v) is 12.2. The summed E-state index contributed by atoms with van der Waals surface area (Å²) in [6.07, 6.45) is 3.37. The van der Waals surface area contributed by atoms with Gasteiger partial charge < -0.3 is 9.84 Å². The molecule has 0 spiro atoms. The van der Waals surface area contributed by atoms with E-state index in [1.165, 1.54) is 31.4 Å². The summed E-state index contributed by atoms with van der Waals surface area (Å²) in [4.78, 5) is 2.53. The van der Waals surface area contributed by atoms with Crippen molar-refractivity contribution >= 4 is 0 Å². The molecule has 1 aromatic rings. The average Bonchev–Trinajstić information content (AvgIpc) is 2.85. The van der Waals surface area contributed by atoms with E-state index in [-0.39, 0.29) is 0 Å².